The number of hydrogen-bond acceptors (Lipinski definition) is 4. The van der Waals surface area contributed by atoms with Crippen molar-refractivity contribution < 1.29 is 18.7 Å². The zero-order valence-electron chi connectivity index (χ0n) is 23.8. The maximum absolute atomic E-state index is 12.0. The van der Waals surface area contributed by atoms with Crippen LogP contribution in [0.1, 0.15) is 98.0 Å². The van der Waals surface area contributed by atoms with Crippen molar-refractivity contribution in [2.75, 3.05) is 0 Å². The second kappa shape index (κ2) is 9.39. The quantitative estimate of drug-likeness (QED) is 0.241. The van der Waals surface area contributed by atoms with E-state index in [-0.39, 0.29) is 28.6 Å². The van der Waals surface area contributed by atoms with Gasteiger partial charge in [0.05, 0.1) is 24.2 Å². The SMILES string of the molecule is C[SiH](C)OC(CC(C)(C)C)O[C@@H]1C=C2CC[C@@H]3[C@H](CC[C@@]4(C)[C@H]3CC[C@@]4(O)c3ccoc3)[C@@]2(C)CC1. The van der Waals surface area contributed by atoms with Crippen LogP contribution in [0.2, 0.25) is 13.1 Å². The van der Waals surface area contributed by atoms with Crippen LogP contribution in [0.4, 0.5) is 0 Å². The monoisotopic (exact) mass is 514 g/mol. The lowest BCUT2D eigenvalue weighted by molar-refractivity contribution is -0.143. The van der Waals surface area contributed by atoms with Gasteiger partial charge < -0.3 is 18.7 Å². The topological polar surface area (TPSA) is 51.8 Å². The zero-order chi connectivity index (χ0) is 25.9. The molecule has 4 nitrogen and oxygen atoms in total. The smallest absolute Gasteiger partial charge is 0.174 e. The first-order chi connectivity index (χ1) is 16.9. The fraction of sp³-hybridized carbons (Fsp3) is 0.806. The van der Waals surface area contributed by atoms with E-state index >= 15 is 0 Å². The second-order valence-corrected chi connectivity index (χ2v) is 16.9. The summed E-state index contributed by atoms with van der Waals surface area (Å²) in [6.45, 7) is 16.2. The van der Waals surface area contributed by atoms with Crippen molar-refractivity contribution in [1.82, 2.24) is 0 Å². The van der Waals surface area contributed by atoms with Crippen molar-refractivity contribution in [2.45, 2.75) is 123 Å². The molecule has 202 valence electrons. The predicted molar refractivity (Wildman–Crippen MR) is 147 cm³/mol. The standard InChI is InChI=1S/C31H50O4Si/c1-28(2,3)19-27(35-36(6)7)34-23-10-14-29(4)21(18-23)8-9-24-25(29)11-15-30(5)26(24)12-16-31(30,32)22-13-17-33-20-22/h13,17-18,20,23-27,32,36H,8-12,14-16,19H2,1-7H3/t23-,24+,25-,26-,27?,29-,30-,31+/m0/s1. The molecule has 3 fully saturated rings. The molecule has 5 heteroatoms. The third-order valence-corrected chi connectivity index (χ3v) is 11.6. The molecule has 0 amide bonds. The Morgan fingerprint density at radius 2 is 1.83 bits per heavy atom. The third kappa shape index (κ3) is 4.50. The molecule has 1 aromatic heterocycles. The van der Waals surface area contributed by atoms with Crippen molar-refractivity contribution >= 4 is 9.04 Å². The molecule has 5 rings (SSSR count). The number of fused-ring (bicyclic) bond motifs is 5. The Hall–Kier alpha value is -0.883. The van der Waals surface area contributed by atoms with E-state index < -0.39 is 14.6 Å². The summed E-state index contributed by atoms with van der Waals surface area (Å²) in [5, 5.41) is 12.0. The van der Waals surface area contributed by atoms with Crippen molar-refractivity contribution in [2.24, 2.45) is 34.0 Å². The van der Waals surface area contributed by atoms with E-state index in [1.165, 1.54) is 25.7 Å². The van der Waals surface area contributed by atoms with Crippen LogP contribution in [0.15, 0.2) is 34.7 Å². The lowest BCUT2D eigenvalue weighted by atomic mass is 9.46. The molecule has 1 aromatic rings. The number of hydrogen-bond donors (Lipinski definition) is 1. The second-order valence-electron chi connectivity index (χ2n) is 14.5. The zero-order valence-corrected chi connectivity index (χ0v) is 25.0. The molecular formula is C31H50O4Si. The molecule has 0 spiro atoms. The lowest BCUT2D eigenvalue weighted by Crippen LogP contribution is -2.54. The van der Waals surface area contributed by atoms with Crippen LogP contribution < -0.4 is 0 Å². The van der Waals surface area contributed by atoms with E-state index in [1.54, 1.807) is 18.1 Å². The van der Waals surface area contributed by atoms with Crippen LogP contribution in [0.3, 0.4) is 0 Å². The third-order valence-electron chi connectivity index (χ3n) is 10.8. The van der Waals surface area contributed by atoms with Crippen LogP contribution >= 0.6 is 0 Å². The molecule has 1 unspecified atom stereocenters. The Labute approximate surface area is 220 Å². The van der Waals surface area contributed by atoms with E-state index in [1.807, 2.05) is 6.07 Å². The van der Waals surface area contributed by atoms with Crippen molar-refractivity contribution in [3.8, 4) is 0 Å². The minimum absolute atomic E-state index is 0.0613. The molecule has 4 aliphatic carbocycles. The Morgan fingerprint density at radius 3 is 2.50 bits per heavy atom. The average molecular weight is 515 g/mol. The van der Waals surface area contributed by atoms with Crippen LogP contribution in [0.25, 0.3) is 0 Å². The van der Waals surface area contributed by atoms with Crippen LogP contribution in [-0.2, 0) is 14.8 Å². The minimum Gasteiger partial charge on any atom is -0.472 e. The molecule has 0 bridgehead atoms. The highest BCUT2D eigenvalue weighted by Crippen LogP contribution is 2.69. The summed E-state index contributed by atoms with van der Waals surface area (Å²) in [7, 11) is -1.17. The normalized spacial score (nSPS) is 41.4. The van der Waals surface area contributed by atoms with Crippen LogP contribution in [0, 0.1) is 34.0 Å². The van der Waals surface area contributed by atoms with E-state index in [9.17, 15) is 5.11 Å². The Morgan fingerprint density at radius 1 is 1.08 bits per heavy atom. The molecule has 36 heavy (non-hydrogen) atoms. The van der Waals surface area contributed by atoms with Gasteiger partial charge in [-0.3, -0.25) is 0 Å². The Balaban J connectivity index is 1.33. The number of allylic oxidation sites excluding steroid dienone is 1. The number of aliphatic hydroxyl groups is 1. The van der Waals surface area contributed by atoms with Gasteiger partial charge in [0.1, 0.15) is 6.29 Å². The highest BCUT2D eigenvalue weighted by molar-refractivity contribution is 6.48. The fourth-order valence-corrected chi connectivity index (χ4v) is 9.69. The number of rotatable bonds is 6. The van der Waals surface area contributed by atoms with Gasteiger partial charge in [-0.25, -0.2) is 0 Å². The summed E-state index contributed by atoms with van der Waals surface area (Å²) in [5.74, 6) is 2.00. The average Bonchev–Trinajstić information content (AvgIpc) is 3.40. The summed E-state index contributed by atoms with van der Waals surface area (Å²) in [6, 6.07) is 1.99. The van der Waals surface area contributed by atoms with Crippen molar-refractivity contribution in [3.63, 3.8) is 0 Å². The van der Waals surface area contributed by atoms with E-state index in [2.05, 4.69) is 53.8 Å². The molecule has 0 aromatic carbocycles. The summed E-state index contributed by atoms with van der Waals surface area (Å²) < 4.78 is 18.4. The largest absolute Gasteiger partial charge is 0.472 e. The first-order valence-electron chi connectivity index (χ1n) is 14.6. The van der Waals surface area contributed by atoms with Gasteiger partial charge in [0.25, 0.3) is 0 Å². The Bertz CT molecular complexity index is 948. The molecule has 0 radical (unpaired) electrons. The molecule has 4 aliphatic rings. The molecular weight excluding hydrogens is 464 g/mol. The molecule has 0 saturated heterocycles. The fourth-order valence-electron chi connectivity index (χ4n) is 8.92. The molecule has 8 atom stereocenters. The van der Waals surface area contributed by atoms with Crippen molar-refractivity contribution in [1.29, 1.82) is 0 Å². The van der Waals surface area contributed by atoms with E-state index in [0.29, 0.717) is 17.8 Å². The maximum Gasteiger partial charge on any atom is 0.174 e. The van der Waals surface area contributed by atoms with Gasteiger partial charge in [0, 0.05) is 17.4 Å². The van der Waals surface area contributed by atoms with Gasteiger partial charge >= 0.3 is 0 Å². The molecule has 1 heterocycles. The summed E-state index contributed by atoms with van der Waals surface area (Å²) in [6.07, 6.45) is 16.1. The predicted octanol–water partition coefficient (Wildman–Crippen LogP) is 7.58. The first-order valence-corrected chi connectivity index (χ1v) is 17.4. The van der Waals surface area contributed by atoms with Gasteiger partial charge in [-0.1, -0.05) is 46.3 Å². The van der Waals surface area contributed by atoms with Gasteiger partial charge in [-0.15, -0.1) is 0 Å². The van der Waals surface area contributed by atoms with Gasteiger partial charge in [0.2, 0.25) is 0 Å². The highest BCUT2D eigenvalue weighted by atomic mass is 28.3. The summed E-state index contributed by atoms with van der Waals surface area (Å²) in [5.41, 5.74) is 2.28. The van der Waals surface area contributed by atoms with Crippen LogP contribution in [0.5, 0.6) is 0 Å². The molecule has 1 N–H and O–H groups in total. The molecule has 3 saturated carbocycles. The van der Waals surface area contributed by atoms with E-state index in [0.717, 1.165) is 37.7 Å². The van der Waals surface area contributed by atoms with Crippen molar-refractivity contribution in [3.05, 3.63) is 35.8 Å². The van der Waals surface area contributed by atoms with Gasteiger partial charge in [-0.2, -0.15) is 0 Å². The maximum atomic E-state index is 12.0. The number of ether oxygens (including phenoxy) is 1. The highest BCUT2D eigenvalue weighted by Gasteiger charge is 2.64. The molecule has 0 aliphatic heterocycles. The van der Waals surface area contributed by atoms with Gasteiger partial charge in [0.15, 0.2) is 9.04 Å². The summed E-state index contributed by atoms with van der Waals surface area (Å²) in [4.78, 5) is 0. The minimum atomic E-state index is -1.17. The first kappa shape index (κ1) is 26.7. The van der Waals surface area contributed by atoms with Crippen LogP contribution in [-0.4, -0.2) is 26.5 Å². The summed E-state index contributed by atoms with van der Waals surface area (Å²) >= 11 is 0. The van der Waals surface area contributed by atoms with Gasteiger partial charge in [-0.05, 0) is 99.1 Å². The lowest BCUT2D eigenvalue weighted by Gasteiger charge is -2.59. The number of furan rings is 1. The van der Waals surface area contributed by atoms with E-state index in [4.69, 9.17) is 13.6 Å². The Kier molecular flexibility index (Phi) is 6.97.